The predicted octanol–water partition coefficient (Wildman–Crippen LogP) is 3.08. The van der Waals surface area contributed by atoms with Crippen LogP contribution in [0.25, 0.3) is 0 Å². The summed E-state index contributed by atoms with van der Waals surface area (Å²) in [7, 11) is 0. The van der Waals surface area contributed by atoms with E-state index in [1.54, 1.807) is 6.20 Å². The van der Waals surface area contributed by atoms with Crippen LogP contribution in [0.15, 0.2) is 42.7 Å². The molecule has 0 bridgehead atoms. The minimum Gasteiger partial charge on any atom is -0.486 e. The van der Waals surface area contributed by atoms with Crippen molar-refractivity contribution >= 4 is 11.7 Å². The zero-order chi connectivity index (χ0) is 18.7. The second kappa shape index (κ2) is 7.55. The number of fused-ring (bicyclic) bond motifs is 1. The number of aromatic nitrogens is 2. The highest BCUT2D eigenvalue weighted by atomic mass is 16.5. The second-order valence-electron chi connectivity index (χ2n) is 7.49. The summed E-state index contributed by atoms with van der Waals surface area (Å²) in [4.78, 5) is 27.1. The van der Waals surface area contributed by atoms with E-state index in [0.29, 0.717) is 37.1 Å². The van der Waals surface area contributed by atoms with Crippen molar-refractivity contribution in [3.63, 3.8) is 0 Å². The van der Waals surface area contributed by atoms with Gasteiger partial charge in [0.15, 0.2) is 5.78 Å². The van der Waals surface area contributed by atoms with Gasteiger partial charge in [-0.15, -0.1) is 0 Å². The van der Waals surface area contributed by atoms with Crippen molar-refractivity contribution in [2.45, 2.75) is 50.7 Å². The molecule has 1 aromatic heterocycles. The molecular formula is C21H25N3O3. The number of carbonyl (C=O) groups excluding carboxylic acids is 2. The number of rotatable bonds is 4. The SMILES string of the molecule is O=C1CC2(CCCN(C(=O)CCCn3cccn3)CC2)Oc2ccccc21. The molecule has 0 aliphatic carbocycles. The van der Waals surface area contributed by atoms with E-state index in [2.05, 4.69) is 5.10 Å². The van der Waals surface area contributed by atoms with Crippen LogP contribution in [0, 0.1) is 0 Å². The molecule has 1 spiro atoms. The molecule has 6 nitrogen and oxygen atoms in total. The number of ether oxygens (including phenoxy) is 1. The molecule has 4 rings (SSSR count). The van der Waals surface area contributed by atoms with Crippen molar-refractivity contribution in [2.75, 3.05) is 13.1 Å². The molecular weight excluding hydrogens is 342 g/mol. The third kappa shape index (κ3) is 3.89. The van der Waals surface area contributed by atoms with Gasteiger partial charge in [-0.05, 0) is 37.5 Å². The molecule has 2 aliphatic heterocycles. The Morgan fingerprint density at radius 2 is 2.07 bits per heavy atom. The maximum absolute atomic E-state index is 12.6. The summed E-state index contributed by atoms with van der Waals surface area (Å²) in [5.74, 6) is 1.02. The fraction of sp³-hybridized carbons (Fsp3) is 0.476. The summed E-state index contributed by atoms with van der Waals surface area (Å²) in [5, 5.41) is 4.17. The molecule has 2 aliphatic rings. The van der Waals surface area contributed by atoms with Crippen LogP contribution < -0.4 is 4.74 Å². The molecule has 1 unspecified atom stereocenters. The first-order chi connectivity index (χ1) is 13.2. The van der Waals surface area contributed by atoms with E-state index >= 15 is 0 Å². The van der Waals surface area contributed by atoms with Gasteiger partial charge in [-0.2, -0.15) is 5.10 Å². The number of Topliss-reactive ketones (excluding diaryl/α,β-unsaturated/α-hetero) is 1. The zero-order valence-corrected chi connectivity index (χ0v) is 15.5. The number of carbonyl (C=O) groups is 2. The number of likely N-dealkylation sites (tertiary alicyclic amines) is 1. The number of benzene rings is 1. The normalized spacial score (nSPS) is 22.2. The Balaban J connectivity index is 1.35. The van der Waals surface area contributed by atoms with Crippen LogP contribution in [0.4, 0.5) is 0 Å². The lowest BCUT2D eigenvalue weighted by molar-refractivity contribution is -0.131. The van der Waals surface area contributed by atoms with Crippen molar-refractivity contribution in [3.05, 3.63) is 48.3 Å². The minimum absolute atomic E-state index is 0.149. The molecule has 1 amide bonds. The number of hydrogen-bond donors (Lipinski definition) is 0. The van der Waals surface area contributed by atoms with Gasteiger partial charge in [0, 0.05) is 44.9 Å². The van der Waals surface area contributed by atoms with E-state index in [-0.39, 0.29) is 11.7 Å². The maximum Gasteiger partial charge on any atom is 0.222 e. The molecule has 3 heterocycles. The van der Waals surface area contributed by atoms with E-state index in [0.717, 1.165) is 32.4 Å². The predicted molar refractivity (Wildman–Crippen MR) is 101 cm³/mol. The highest BCUT2D eigenvalue weighted by Crippen LogP contribution is 2.39. The molecule has 2 aromatic rings. The highest BCUT2D eigenvalue weighted by molar-refractivity contribution is 6.00. The van der Waals surface area contributed by atoms with Gasteiger partial charge in [0.2, 0.25) is 5.91 Å². The molecule has 1 aromatic carbocycles. The van der Waals surface area contributed by atoms with Crippen molar-refractivity contribution in [1.29, 1.82) is 0 Å². The number of aryl methyl sites for hydroxylation is 1. The lowest BCUT2D eigenvalue weighted by Gasteiger charge is -2.37. The lowest BCUT2D eigenvalue weighted by Crippen LogP contribution is -2.43. The summed E-state index contributed by atoms with van der Waals surface area (Å²) < 4.78 is 8.15. The van der Waals surface area contributed by atoms with Gasteiger partial charge < -0.3 is 9.64 Å². The van der Waals surface area contributed by atoms with Crippen LogP contribution in [-0.2, 0) is 11.3 Å². The van der Waals surface area contributed by atoms with E-state index in [1.807, 2.05) is 46.1 Å². The topological polar surface area (TPSA) is 64.4 Å². The summed E-state index contributed by atoms with van der Waals surface area (Å²) >= 11 is 0. The smallest absolute Gasteiger partial charge is 0.222 e. The summed E-state index contributed by atoms with van der Waals surface area (Å²) in [6, 6.07) is 9.36. The van der Waals surface area contributed by atoms with E-state index in [9.17, 15) is 9.59 Å². The Morgan fingerprint density at radius 3 is 2.93 bits per heavy atom. The standard InChI is InChI=1S/C21H25N3O3/c25-18-16-21(27-19-7-2-1-6-17(18)19)9-4-12-23(15-10-21)20(26)8-3-13-24-14-5-11-22-24/h1-2,5-7,11,14H,3-4,8-10,12-13,15-16H2. The molecule has 0 saturated carbocycles. The third-order valence-corrected chi connectivity index (χ3v) is 5.58. The quantitative estimate of drug-likeness (QED) is 0.833. The van der Waals surface area contributed by atoms with Gasteiger partial charge in [0.05, 0.1) is 12.0 Å². The van der Waals surface area contributed by atoms with Crippen LogP contribution in [0.1, 0.15) is 48.9 Å². The van der Waals surface area contributed by atoms with E-state index < -0.39 is 5.60 Å². The minimum atomic E-state index is -0.463. The Bertz CT molecular complexity index is 818. The third-order valence-electron chi connectivity index (χ3n) is 5.58. The van der Waals surface area contributed by atoms with Crippen molar-refractivity contribution in [3.8, 4) is 5.75 Å². The summed E-state index contributed by atoms with van der Waals surface area (Å²) in [5.41, 5.74) is 0.217. The molecule has 6 heteroatoms. The van der Waals surface area contributed by atoms with Gasteiger partial charge in [-0.25, -0.2) is 0 Å². The summed E-state index contributed by atoms with van der Waals surface area (Å²) in [6.07, 6.45) is 7.75. The summed E-state index contributed by atoms with van der Waals surface area (Å²) in [6.45, 7) is 2.14. The van der Waals surface area contributed by atoms with Crippen molar-refractivity contribution in [1.82, 2.24) is 14.7 Å². The first kappa shape index (κ1) is 17.8. The molecule has 0 radical (unpaired) electrons. The Morgan fingerprint density at radius 1 is 1.19 bits per heavy atom. The average molecular weight is 367 g/mol. The fourth-order valence-electron chi connectivity index (χ4n) is 4.12. The van der Waals surface area contributed by atoms with Crippen molar-refractivity contribution in [2.24, 2.45) is 0 Å². The van der Waals surface area contributed by atoms with E-state index in [1.165, 1.54) is 0 Å². The van der Waals surface area contributed by atoms with Crippen LogP contribution in [-0.4, -0.2) is 45.1 Å². The van der Waals surface area contributed by atoms with Gasteiger partial charge in [0.1, 0.15) is 11.4 Å². The Hall–Kier alpha value is -2.63. The number of hydrogen-bond acceptors (Lipinski definition) is 4. The number of ketones is 1. The molecule has 1 fully saturated rings. The van der Waals surface area contributed by atoms with Gasteiger partial charge in [-0.3, -0.25) is 14.3 Å². The van der Waals surface area contributed by atoms with Gasteiger partial charge >= 0.3 is 0 Å². The van der Waals surface area contributed by atoms with Crippen LogP contribution >= 0.6 is 0 Å². The van der Waals surface area contributed by atoms with Gasteiger partial charge in [-0.1, -0.05) is 12.1 Å². The first-order valence-electron chi connectivity index (χ1n) is 9.72. The second-order valence-corrected chi connectivity index (χ2v) is 7.49. The molecule has 1 atom stereocenters. The molecule has 1 saturated heterocycles. The van der Waals surface area contributed by atoms with Crippen molar-refractivity contribution < 1.29 is 14.3 Å². The van der Waals surface area contributed by atoms with Crippen LogP contribution in [0.3, 0.4) is 0 Å². The molecule has 27 heavy (non-hydrogen) atoms. The average Bonchev–Trinajstić information content (AvgIpc) is 3.10. The van der Waals surface area contributed by atoms with E-state index in [4.69, 9.17) is 4.74 Å². The molecule has 0 N–H and O–H groups in total. The van der Waals surface area contributed by atoms with Crippen LogP contribution in [0.2, 0.25) is 0 Å². The number of para-hydroxylation sites is 1. The Labute approximate surface area is 159 Å². The fourth-order valence-corrected chi connectivity index (χ4v) is 4.12. The highest BCUT2D eigenvalue weighted by Gasteiger charge is 2.41. The lowest BCUT2D eigenvalue weighted by atomic mass is 9.84. The van der Waals surface area contributed by atoms with Crippen LogP contribution in [0.5, 0.6) is 5.75 Å². The Kier molecular flexibility index (Phi) is 4.97. The number of amides is 1. The largest absolute Gasteiger partial charge is 0.486 e. The van der Waals surface area contributed by atoms with Gasteiger partial charge in [0.25, 0.3) is 0 Å². The first-order valence-corrected chi connectivity index (χ1v) is 9.72. The number of nitrogens with zero attached hydrogens (tertiary/aromatic N) is 3. The molecule has 142 valence electrons. The zero-order valence-electron chi connectivity index (χ0n) is 15.5. The monoisotopic (exact) mass is 367 g/mol. The maximum atomic E-state index is 12.6.